The van der Waals surface area contributed by atoms with E-state index in [-0.39, 0.29) is 40.0 Å². The number of fused-ring (bicyclic) bond motifs is 1. The Morgan fingerprint density at radius 3 is 2.57 bits per heavy atom. The summed E-state index contributed by atoms with van der Waals surface area (Å²) in [7, 11) is 0. The predicted octanol–water partition coefficient (Wildman–Crippen LogP) is 6.08. The highest BCUT2D eigenvalue weighted by Crippen LogP contribution is 2.41. The van der Waals surface area contributed by atoms with Crippen molar-refractivity contribution in [3.8, 4) is 16.9 Å². The van der Waals surface area contributed by atoms with Crippen LogP contribution in [0.15, 0.2) is 46.7 Å². The van der Waals surface area contributed by atoms with Crippen molar-refractivity contribution in [1.29, 1.82) is 0 Å². The van der Waals surface area contributed by atoms with Crippen LogP contribution in [0.3, 0.4) is 0 Å². The van der Waals surface area contributed by atoms with Gasteiger partial charge in [-0.25, -0.2) is 23.1 Å². The molecule has 0 unspecified atom stereocenters. The van der Waals surface area contributed by atoms with Crippen LogP contribution in [0.1, 0.15) is 32.4 Å². The number of nitrogens with zero attached hydrogens (tertiary/aromatic N) is 6. The zero-order valence-electron chi connectivity index (χ0n) is 24.4. The highest BCUT2D eigenvalue weighted by atomic mass is 35.5. The van der Waals surface area contributed by atoms with Crippen LogP contribution in [-0.2, 0) is 4.79 Å². The molecule has 1 amide bonds. The summed E-state index contributed by atoms with van der Waals surface area (Å²) in [4.78, 5) is 44.5. The SMILES string of the molecule is C=CC(=O)N1CCN(c2nc(=O)n(-c3c(SC)ccnc3C(C)C)c3nc(-c4c(N)c(F)cc(Cl)c4F)c(Cl)cc23)[C@@H](C)C1. The molecule has 4 aromatic rings. The Labute approximate surface area is 266 Å². The molecule has 1 saturated heterocycles. The number of rotatable bonds is 6. The molecule has 3 aromatic heterocycles. The molecule has 1 aliphatic heterocycles. The van der Waals surface area contributed by atoms with E-state index in [2.05, 4.69) is 16.5 Å². The first-order chi connectivity index (χ1) is 20.9. The number of halogens is 4. The molecule has 1 fully saturated rings. The van der Waals surface area contributed by atoms with Crippen LogP contribution in [0.25, 0.3) is 28.0 Å². The third kappa shape index (κ3) is 5.39. The van der Waals surface area contributed by atoms with Crippen molar-refractivity contribution in [3.05, 3.63) is 74.9 Å². The van der Waals surface area contributed by atoms with Crippen LogP contribution in [0.2, 0.25) is 10.0 Å². The summed E-state index contributed by atoms with van der Waals surface area (Å²) in [5.41, 5.74) is 5.32. The van der Waals surface area contributed by atoms with Crippen molar-refractivity contribution in [1.82, 2.24) is 24.4 Å². The van der Waals surface area contributed by atoms with Gasteiger partial charge in [0.05, 0.1) is 43.8 Å². The fourth-order valence-corrected chi connectivity index (χ4v) is 6.43. The van der Waals surface area contributed by atoms with Gasteiger partial charge in [0.2, 0.25) is 5.91 Å². The highest BCUT2D eigenvalue weighted by Gasteiger charge is 2.31. The van der Waals surface area contributed by atoms with Crippen molar-refractivity contribution in [3.63, 3.8) is 0 Å². The van der Waals surface area contributed by atoms with Gasteiger partial charge >= 0.3 is 5.69 Å². The number of nitrogen functional groups attached to an aromatic ring is 1. The van der Waals surface area contributed by atoms with Crippen molar-refractivity contribution in [2.45, 2.75) is 37.6 Å². The monoisotopic (exact) mass is 659 g/mol. The number of carbonyl (C=O) groups excluding carboxylic acids is 1. The zero-order valence-corrected chi connectivity index (χ0v) is 26.7. The third-order valence-electron chi connectivity index (χ3n) is 7.54. The van der Waals surface area contributed by atoms with E-state index >= 15 is 4.39 Å². The van der Waals surface area contributed by atoms with Gasteiger partial charge in [-0.1, -0.05) is 43.6 Å². The Morgan fingerprint density at radius 1 is 1.20 bits per heavy atom. The minimum absolute atomic E-state index is 0.0634. The number of carbonyl (C=O) groups is 1. The number of hydrogen-bond donors (Lipinski definition) is 1. The standard InChI is InChI=1S/C30H29Cl2F2N7O2S/c1-6-21(42)39-9-10-40(15(4)13-39)28-16-11-18(32)26(22-23(34)17(31)12-19(33)24(22)35)37-29(16)41(30(43)38-28)27-20(44-5)7-8-36-25(27)14(2)3/h6-8,11-12,14-15H,1,9-10,13,35H2,2-5H3/t15-/m0/s1. The van der Waals surface area contributed by atoms with E-state index in [0.717, 1.165) is 11.0 Å². The lowest BCUT2D eigenvalue weighted by Crippen LogP contribution is -2.54. The summed E-state index contributed by atoms with van der Waals surface area (Å²) in [6.45, 7) is 10.4. The van der Waals surface area contributed by atoms with E-state index in [1.807, 2.05) is 31.9 Å². The van der Waals surface area contributed by atoms with E-state index in [0.29, 0.717) is 36.4 Å². The molecule has 0 aliphatic carbocycles. The molecule has 9 nitrogen and oxygen atoms in total. The maximum Gasteiger partial charge on any atom is 0.355 e. The number of nitrogens with two attached hydrogens (primary N) is 1. The Balaban J connectivity index is 1.88. The smallest absolute Gasteiger partial charge is 0.355 e. The van der Waals surface area contributed by atoms with Crippen LogP contribution < -0.4 is 16.3 Å². The Hall–Kier alpha value is -3.74. The summed E-state index contributed by atoms with van der Waals surface area (Å²) in [6, 6.07) is 3.80. The molecule has 0 bridgehead atoms. The topological polar surface area (TPSA) is 110 Å². The normalized spacial score (nSPS) is 15.3. The number of piperazine rings is 1. The average molecular weight is 661 g/mol. The molecule has 4 heterocycles. The van der Waals surface area contributed by atoms with Crippen LogP contribution in [0.4, 0.5) is 20.3 Å². The average Bonchev–Trinajstić information content (AvgIpc) is 2.99. The number of amides is 1. The van der Waals surface area contributed by atoms with Crippen molar-refractivity contribution >= 4 is 63.4 Å². The molecule has 14 heteroatoms. The van der Waals surface area contributed by atoms with Gasteiger partial charge in [-0.05, 0) is 43.4 Å². The molecule has 230 valence electrons. The van der Waals surface area contributed by atoms with Gasteiger partial charge in [-0.2, -0.15) is 4.98 Å². The van der Waals surface area contributed by atoms with Crippen molar-refractivity contribution < 1.29 is 13.6 Å². The van der Waals surface area contributed by atoms with E-state index in [4.69, 9.17) is 33.9 Å². The van der Waals surface area contributed by atoms with Gasteiger partial charge < -0.3 is 15.5 Å². The molecule has 1 aromatic carbocycles. The maximum atomic E-state index is 15.4. The van der Waals surface area contributed by atoms with Gasteiger partial charge in [-0.15, -0.1) is 11.8 Å². The van der Waals surface area contributed by atoms with Gasteiger partial charge in [-0.3, -0.25) is 9.78 Å². The van der Waals surface area contributed by atoms with Crippen LogP contribution in [0, 0.1) is 11.6 Å². The fraction of sp³-hybridized carbons (Fsp3) is 0.300. The molecule has 5 rings (SSSR count). The lowest BCUT2D eigenvalue weighted by atomic mass is 10.1. The first kappa shape index (κ1) is 31.7. The fourth-order valence-electron chi connectivity index (χ4n) is 5.41. The molecule has 1 atom stereocenters. The maximum absolute atomic E-state index is 15.4. The highest BCUT2D eigenvalue weighted by molar-refractivity contribution is 7.98. The van der Waals surface area contributed by atoms with E-state index in [9.17, 15) is 14.0 Å². The first-order valence-corrected chi connectivity index (χ1v) is 15.6. The van der Waals surface area contributed by atoms with Gasteiger partial charge in [0, 0.05) is 36.8 Å². The Morgan fingerprint density at radius 2 is 1.93 bits per heavy atom. The largest absolute Gasteiger partial charge is 0.396 e. The second-order valence-electron chi connectivity index (χ2n) is 10.6. The summed E-state index contributed by atoms with van der Waals surface area (Å²) in [6.07, 6.45) is 4.78. The molecule has 44 heavy (non-hydrogen) atoms. The lowest BCUT2D eigenvalue weighted by Gasteiger charge is -2.40. The number of thioether (sulfide) groups is 1. The second kappa shape index (κ2) is 12.3. The molecular weight excluding hydrogens is 631 g/mol. The molecular formula is C30H29Cl2F2N7O2S. The minimum atomic E-state index is -1.01. The van der Waals surface area contributed by atoms with Gasteiger partial charge in [0.15, 0.2) is 11.5 Å². The van der Waals surface area contributed by atoms with E-state index in [1.54, 1.807) is 17.2 Å². The molecule has 0 saturated carbocycles. The summed E-state index contributed by atoms with van der Waals surface area (Å²) in [5, 5.41) is -0.190. The third-order valence-corrected chi connectivity index (χ3v) is 8.87. The number of hydrogen-bond acceptors (Lipinski definition) is 8. The molecule has 0 radical (unpaired) electrons. The predicted molar refractivity (Wildman–Crippen MR) is 172 cm³/mol. The quantitative estimate of drug-likeness (QED) is 0.115. The Kier molecular flexibility index (Phi) is 8.88. The number of aromatic nitrogens is 4. The first-order valence-electron chi connectivity index (χ1n) is 13.7. The molecule has 0 spiro atoms. The molecule has 1 aliphatic rings. The lowest BCUT2D eigenvalue weighted by molar-refractivity contribution is -0.126. The molecule has 2 N–H and O–H groups in total. The number of pyridine rings is 2. The zero-order chi connectivity index (χ0) is 32.0. The minimum Gasteiger partial charge on any atom is -0.396 e. The van der Waals surface area contributed by atoms with Crippen LogP contribution in [-0.4, -0.2) is 62.3 Å². The summed E-state index contributed by atoms with van der Waals surface area (Å²) < 4.78 is 31.5. The van der Waals surface area contributed by atoms with Gasteiger partial charge in [0.25, 0.3) is 0 Å². The number of benzene rings is 1. The van der Waals surface area contributed by atoms with Crippen LogP contribution >= 0.6 is 35.0 Å². The van der Waals surface area contributed by atoms with Crippen molar-refractivity contribution in [2.75, 3.05) is 36.5 Å². The summed E-state index contributed by atoms with van der Waals surface area (Å²) in [5.74, 6) is -1.97. The van der Waals surface area contributed by atoms with E-state index < -0.39 is 33.6 Å². The van der Waals surface area contributed by atoms with Gasteiger partial charge in [0.1, 0.15) is 11.6 Å². The second-order valence-corrected chi connectivity index (χ2v) is 12.3. The summed E-state index contributed by atoms with van der Waals surface area (Å²) >= 11 is 14.1. The Bertz CT molecular complexity index is 1860. The van der Waals surface area contributed by atoms with Crippen LogP contribution in [0.5, 0.6) is 0 Å². The van der Waals surface area contributed by atoms with E-state index in [1.165, 1.54) is 28.5 Å². The number of anilines is 2. The van der Waals surface area contributed by atoms with Crippen molar-refractivity contribution in [2.24, 2.45) is 0 Å².